The number of nitrogens with zero attached hydrogens (tertiary/aromatic N) is 1. The zero-order valence-electron chi connectivity index (χ0n) is 14.6. The normalized spacial score (nSPS) is 15.5. The Morgan fingerprint density at radius 3 is 2.74 bits per heavy atom. The summed E-state index contributed by atoms with van der Waals surface area (Å²) in [6, 6.07) is 6.65. The first-order chi connectivity index (χ1) is 12.9. The van der Waals surface area contributed by atoms with Crippen LogP contribution in [0.2, 0.25) is 0 Å². The molecule has 8 nitrogen and oxygen atoms in total. The number of benzene rings is 1. The first-order valence-electron chi connectivity index (χ1n) is 8.17. The molecule has 1 aromatic carbocycles. The second kappa shape index (κ2) is 8.42. The SMILES string of the molecule is COc1ccc(Br)cc1COC(=O)c1cc(S(=O)(=O)N2CCOCC2)c[nH]1. The number of carbonyl (C=O) groups excluding carboxylic acids is 1. The highest BCUT2D eigenvalue weighted by atomic mass is 79.9. The maximum atomic E-state index is 12.6. The minimum atomic E-state index is -3.67. The quantitative estimate of drug-likeness (QED) is 0.665. The van der Waals surface area contributed by atoms with Gasteiger partial charge in [0, 0.05) is 29.3 Å². The van der Waals surface area contributed by atoms with Crippen molar-refractivity contribution in [2.75, 3.05) is 33.4 Å². The van der Waals surface area contributed by atoms with Crippen LogP contribution in [0.15, 0.2) is 39.8 Å². The third-order valence-electron chi connectivity index (χ3n) is 4.09. The third kappa shape index (κ3) is 4.52. The maximum absolute atomic E-state index is 12.6. The summed E-state index contributed by atoms with van der Waals surface area (Å²) in [5.41, 5.74) is 0.753. The Kier molecular flexibility index (Phi) is 6.20. The Labute approximate surface area is 165 Å². The molecule has 2 heterocycles. The van der Waals surface area contributed by atoms with E-state index in [1.54, 1.807) is 12.1 Å². The van der Waals surface area contributed by atoms with Crippen LogP contribution in [0.5, 0.6) is 5.75 Å². The molecular formula is C17H19BrN2O6S. The molecular weight excluding hydrogens is 440 g/mol. The van der Waals surface area contributed by atoms with Crippen molar-refractivity contribution in [1.29, 1.82) is 0 Å². The Morgan fingerprint density at radius 1 is 1.30 bits per heavy atom. The summed E-state index contributed by atoms with van der Waals surface area (Å²) >= 11 is 3.36. The number of ether oxygens (including phenoxy) is 3. The van der Waals surface area contributed by atoms with E-state index in [-0.39, 0.29) is 30.3 Å². The number of methoxy groups -OCH3 is 1. The van der Waals surface area contributed by atoms with Gasteiger partial charge in [-0.1, -0.05) is 15.9 Å². The van der Waals surface area contributed by atoms with Crippen LogP contribution >= 0.6 is 15.9 Å². The molecule has 0 saturated carbocycles. The van der Waals surface area contributed by atoms with Crippen LogP contribution in [0.25, 0.3) is 0 Å². The number of aromatic amines is 1. The fourth-order valence-electron chi connectivity index (χ4n) is 2.66. The van der Waals surface area contributed by atoms with Gasteiger partial charge < -0.3 is 19.2 Å². The number of aromatic nitrogens is 1. The van der Waals surface area contributed by atoms with Crippen molar-refractivity contribution in [3.05, 3.63) is 46.2 Å². The first-order valence-corrected chi connectivity index (χ1v) is 10.4. The van der Waals surface area contributed by atoms with Gasteiger partial charge in [-0.25, -0.2) is 13.2 Å². The van der Waals surface area contributed by atoms with Crippen molar-refractivity contribution >= 4 is 31.9 Å². The molecule has 1 N–H and O–H groups in total. The number of rotatable bonds is 6. The van der Waals surface area contributed by atoms with E-state index in [1.165, 1.54) is 23.7 Å². The fourth-order valence-corrected chi connectivity index (χ4v) is 4.47. The molecule has 0 aliphatic carbocycles. The zero-order valence-corrected chi connectivity index (χ0v) is 17.0. The van der Waals surface area contributed by atoms with Crippen LogP contribution in [-0.4, -0.2) is 57.1 Å². The van der Waals surface area contributed by atoms with E-state index >= 15 is 0 Å². The van der Waals surface area contributed by atoms with E-state index in [0.717, 1.165) is 4.47 Å². The van der Waals surface area contributed by atoms with Gasteiger partial charge in [0.25, 0.3) is 0 Å². The van der Waals surface area contributed by atoms with Gasteiger partial charge in [-0.05, 0) is 24.3 Å². The Bertz CT molecular complexity index is 921. The number of hydrogen-bond donors (Lipinski definition) is 1. The second-order valence-corrected chi connectivity index (χ2v) is 8.65. The first kappa shape index (κ1) is 19.9. The third-order valence-corrected chi connectivity index (χ3v) is 6.46. The standard InChI is InChI=1S/C17H19BrN2O6S/c1-24-16-3-2-13(18)8-12(16)11-26-17(21)15-9-14(10-19-15)27(22,23)20-4-6-25-7-5-20/h2-3,8-10,19H,4-7,11H2,1H3. The summed E-state index contributed by atoms with van der Waals surface area (Å²) in [4.78, 5) is 15.0. The Morgan fingerprint density at radius 2 is 2.04 bits per heavy atom. The van der Waals surface area contributed by atoms with Gasteiger partial charge in [-0.15, -0.1) is 0 Å². The largest absolute Gasteiger partial charge is 0.496 e. The number of halogens is 1. The van der Waals surface area contributed by atoms with Crippen molar-refractivity contribution in [2.45, 2.75) is 11.5 Å². The van der Waals surface area contributed by atoms with E-state index in [0.29, 0.717) is 24.5 Å². The number of carbonyl (C=O) groups is 1. The van der Waals surface area contributed by atoms with Crippen molar-refractivity contribution in [1.82, 2.24) is 9.29 Å². The lowest BCUT2D eigenvalue weighted by Gasteiger charge is -2.25. The van der Waals surface area contributed by atoms with Crippen molar-refractivity contribution in [3.8, 4) is 5.75 Å². The molecule has 10 heteroatoms. The molecule has 146 valence electrons. The van der Waals surface area contributed by atoms with Gasteiger partial charge in [-0.3, -0.25) is 0 Å². The van der Waals surface area contributed by atoms with Crippen LogP contribution in [0, 0.1) is 0 Å². The van der Waals surface area contributed by atoms with Gasteiger partial charge in [0.2, 0.25) is 10.0 Å². The Hall–Kier alpha value is -1.88. The van der Waals surface area contributed by atoms with E-state index in [9.17, 15) is 13.2 Å². The summed E-state index contributed by atoms with van der Waals surface area (Å²) in [7, 11) is -2.14. The predicted octanol–water partition coefficient (Wildman–Crippen LogP) is 2.16. The van der Waals surface area contributed by atoms with Crippen molar-refractivity contribution in [2.24, 2.45) is 0 Å². The molecule has 27 heavy (non-hydrogen) atoms. The average Bonchev–Trinajstić information content (AvgIpc) is 3.18. The smallest absolute Gasteiger partial charge is 0.355 e. The lowest BCUT2D eigenvalue weighted by atomic mass is 10.2. The van der Waals surface area contributed by atoms with Gasteiger partial charge >= 0.3 is 5.97 Å². The van der Waals surface area contributed by atoms with E-state index in [2.05, 4.69) is 20.9 Å². The van der Waals surface area contributed by atoms with Gasteiger partial charge in [0.1, 0.15) is 22.9 Å². The summed E-state index contributed by atoms with van der Waals surface area (Å²) in [6.45, 7) is 1.28. The predicted molar refractivity (Wildman–Crippen MR) is 100 cm³/mol. The molecule has 1 aliphatic rings. The summed E-state index contributed by atoms with van der Waals surface area (Å²) in [6.07, 6.45) is 1.29. The van der Waals surface area contributed by atoms with E-state index < -0.39 is 16.0 Å². The number of sulfonamides is 1. The number of nitrogens with one attached hydrogen (secondary N) is 1. The molecule has 2 aromatic rings. The van der Waals surface area contributed by atoms with E-state index in [1.807, 2.05) is 6.07 Å². The highest BCUT2D eigenvalue weighted by Gasteiger charge is 2.28. The van der Waals surface area contributed by atoms with Crippen molar-refractivity contribution < 1.29 is 27.4 Å². The minimum Gasteiger partial charge on any atom is -0.496 e. The molecule has 0 bridgehead atoms. The number of hydrogen-bond acceptors (Lipinski definition) is 6. The fraction of sp³-hybridized carbons (Fsp3) is 0.353. The summed E-state index contributed by atoms with van der Waals surface area (Å²) in [5.74, 6) is -0.0615. The zero-order chi connectivity index (χ0) is 19.4. The molecule has 1 aliphatic heterocycles. The van der Waals surface area contributed by atoms with E-state index in [4.69, 9.17) is 14.2 Å². The summed E-state index contributed by atoms with van der Waals surface area (Å²) < 4.78 is 43.1. The monoisotopic (exact) mass is 458 g/mol. The van der Waals surface area contributed by atoms with Crippen LogP contribution < -0.4 is 4.74 Å². The van der Waals surface area contributed by atoms with Crippen LogP contribution in [-0.2, 0) is 26.1 Å². The highest BCUT2D eigenvalue weighted by Crippen LogP contribution is 2.24. The molecule has 0 amide bonds. The molecule has 1 fully saturated rings. The molecule has 0 spiro atoms. The Balaban J connectivity index is 1.69. The van der Waals surface area contributed by atoms with Crippen LogP contribution in [0.1, 0.15) is 16.1 Å². The number of esters is 1. The highest BCUT2D eigenvalue weighted by molar-refractivity contribution is 9.10. The molecule has 0 radical (unpaired) electrons. The summed E-state index contributed by atoms with van der Waals surface area (Å²) in [5, 5.41) is 0. The number of morpholine rings is 1. The van der Waals surface area contributed by atoms with Gasteiger partial charge in [-0.2, -0.15) is 4.31 Å². The van der Waals surface area contributed by atoms with Crippen LogP contribution in [0.3, 0.4) is 0 Å². The number of H-pyrrole nitrogens is 1. The lowest BCUT2D eigenvalue weighted by Crippen LogP contribution is -2.40. The molecule has 1 aromatic heterocycles. The minimum absolute atomic E-state index is 0.00792. The lowest BCUT2D eigenvalue weighted by molar-refractivity contribution is 0.0464. The van der Waals surface area contributed by atoms with Crippen molar-refractivity contribution in [3.63, 3.8) is 0 Å². The van der Waals surface area contributed by atoms with Gasteiger partial charge in [0.05, 0.1) is 20.3 Å². The second-order valence-electron chi connectivity index (χ2n) is 5.80. The van der Waals surface area contributed by atoms with Crippen LogP contribution in [0.4, 0.5) is 0 Å². The topological polar surface area (TPSA) is 97.9 Å². The maximum Gasteiger partial charge on any atom is 0.355 e. The molecule has 0 unspecified atom stereocenters. The molecule has 1 saturated heterocycles. The molecule has 3 rings (SSSR count). The van der Waals surface area contributed by atoms with Gasteiger partial charge in [0.15, 0.2) is 0 Å². The molecule has 0 atom stereocenters. The average molecular weight is 459 g/mol.